The van der Waals surface area contributed by atoms with Crippen LogP contribution in [0.2, 0.25) is 0 Å². The molecule has 0 radical (unpaired) electrons. The van der Waals surface area contributed by atoms with E-state index in [1.807, 2.05) is 0 Å². The molecule has 1 aliphatic heterocycles. The number of carbonyl (C=O) groups is 1. The third-order valence-electron chi connectivity index (χ3n) is 4.29. The van der Waals surface area contributed by atoms with Gasteiger partial charge in [-0.15, -0.1) is 0 Å². The molecular weight excluding hydrogens is 416 g/mol. The second-order valence-electron chi connectivity index (χ2n) is 6.56. The van der Waals surface area contributed by atoms with Gasteiger partial charge < -0.3 is 15.4 Å². The van der Waals surface area contributed by atoms with Gasteiger partial charge >= 0.3 is 6.18 Å². The molecular formula is C21H18F4N4O2. The minimum Gasteiger partial charge on any atom is -0.495 e. The van der Waals surface area contributed by atoms with Gasteiger partial charge in [0.05, 0.1) is 23.6 Å². The smallest absolute Gasteiger partial charge is 0.433 e. The highest BCUT2D eigenvalue weighted by molar-refractivity contribution is 6.04. The summed E-state index contributed by atoms with van der Waals surface area (Å²) in [6.45, 7) is 2.12. The molecule has 1 atom stereocenters. The molecule has 2 heterocycles. The summed E-state index contributed by atoms with van der Waals surface area (Å²) >= 11 is 0. The van der Waals surface area contributed by atoms with Crippen molar-refractivity contribution in [1.82, 2.24) is 10.3 Å². The molecule has 2 aromatic rings. The zero-order valence-corrected chi connectivity index (χ0v) is 16.3. The van der Waals surface area contributed by atoms with Crippen LogP contribution >= 0.6 is 0 Å². The molecule has 0 saturated heterocycles. The van der Waals surface area contributed by atoms with Crippen LogP contribution in [0.1, 0.15) is 34.6 Å². The number of alkyl halides is 3. The van der Waals surface area contributed by atoms with Gasteiger partial charge in [-0.1, -0.05) is 0 Å². The Hall–Kier alpha value is -3.69. The van der Waals surface area contributed by atoms with Crippen LogP contribution in [0, 0.1) is 5.82 Å². The summed E-state index contributed by atoms with van der Waals surface area (Å²) in [5.41, 5.74) is 0.163. The number of halogens is 4. The summed E-state index contributed by atoms with van der Waals surface area (Å²) in [7, 11) is 0. The van der Waals surface area contributed by atoms with E-state index in [9.17, 15) is 22.4 Å². The highest BCUT2D eigenvalue weighted by Crippen LogP contribution is 2.27. The summed E-state index contributed by atoms with van der Waals surface area (Å²) in [6.07, 6.45) is 2.59. The molecule has 3 rings (SSSR count). The fraction of sp³-hybridized carbons (Fsp3) is 0.190. The second-order valence-corrected chi connectivity index (χ2v) is 6.56. The number of carbonyl (C=O) groups excluding carboxylic acids is 1. The second kappa shape index (κ2) is 9.41. The highest BCUT2D eigenvalue weighted by atomic mass is 19.4. The van der Waals surface area contributed by atoms with Crippen molar-refractivity contribution in [2.45, 2.75) is 19.1 Å². The number of benzene rings is 1. The monoisotopic (exact) mass is 434 g/mol. The first-order valence-electron chi connectivity index (χ1n) is 9.14. The maximum atomic E-state index is 14.2. The van der Waals surface area contributed by atoms with Crippen molar-refractivity contribution in [3.8, 4) is 0 Å². The molecule has 1 amide bonds. The first-order chi connectivity index (χ1) is 14.7. The molecule has 0 aliphatic carbocycles. The molecule has 162 valence electrons. The Morgan fingerprint density at radius 1 is 1.29 bits per heavy atom. The zero-order chi connectivity index (χ0) is 22.4. The van der Waals surface area contributed by atoms with E-state index >= 15 is 0 Å². The van der Waals surface area contributed by atoms with Crippen LogP contribution in [0.15, 0.2) is 66.3 Å². The van der Waals surface area contributed by atoms with Gasteiger partial charge in [0.15, 0.2) is 0 Å². The van der Waals surface area contributed by atoms with Crippen LogP contribution in [0.25, 0.3) is 0 Å². The minimum atomic E-state index is -4.59. The summed E-state index contributed by atoms with van der Waals surface area (Å²) in [5, 5.41) is 5.50. The number of hydrogen-bond acceptors (Lipinski definition) is 5. The SMILES string of the molecule is CC(NC=CN=C1C=COC1)c1cc(NC(=O)c2ccc(C(F)(F)F)nc2)ccc1F. The Morgan fingerprint density at radius 2 is 2.10 bits per heavy atom. The number of amides is 1. The van der Waals surface area contributed by atoms with Gasteiger partial charge in [0.25, 0.3) is 5.91 Å². The number of aromatic nitrogens is 1. The van der Waals surface area contributed by atoms with Crippen LogP contribution in [-0.2, 0) is 10.9 Å². The van der Waals surface area contributed by atoms with Crippen molar-refractivity contribution in [3.05, 3.63) is 83.9 Å². The van der Waals surface area contributed by atoms with Crippen LogP contribution < -0.4 is 10.6 Å². The maximum Gasteiger partial charge on any atom is 0.433 e. The van der Waals surface area contributed by atoms with Gasteiger partial charge in [-0.3, -0.25) is 14.8 Å². The third-order valence-corrected chi connectivity index (χ3v) is 4.29. The maximum absolute atomic E-state index is 14.2. The lowest BCUT2D eigenvalue weighted by Gasteiger charge is -2.15. The first-order valence-corrected chi connectivity index (χ1v) is 9.14. The lowest BCUT2D eigenvalue weighted by molar-refractivity contribution is -0.141. The van der Waals surface area contributed by atoms with E-state index in [0.717, 1.165) is 24.0 Å². The Morgan fingerprint density at radius 3 is 2.74 bits per heavy atom. The number of ether oxygens (including phenoxy) is 1. The van der Waals surface area contributed by atoms with E-state index in [1.165, 1.54) is 24.4 Å². The van der Waals surface area contributed by atoms with Gasteiger partial charge in [0.2, 0.25) is 0 Å². The van der Waals surface area contributed by atoms with E-state index in [2.05, 4.69) is 20.6 Å². The Labute approximate surface area is 175 Å². The molecule has 31 heavy (non-hydrogen) atoms. The first kappa shape index (κ1) is 22.0. The number of nitrogens with one attached hydrogen (secondary N) is 2. The van der Waals surface area contributed by atoms with Crippen molar-refractivity contribution in [1.29, 1.82) is 0 Å². The van der Waals surface area contributed by atoms with E-state index < -0.39 is 29.6 Å². The highest BCUT2D eigenvalue weighted by Gasteiger charge is 2.32. The van der Waals surface area contributed by atoms with Crippen molar-refractivity contribution < 1.29 is 27.1 Å². The third kappa shape index (κ3) is 5.91. The standard InChI is InChI=1S/C21H18F4N4O2/c1-13(26-7-8-27-16-6-9-31-12-16)17-10-15(3-4-18(17)22)29-20(30)14-2-5-19(28-11-14)21(23,24)25/h2-11,13,26H,12H2,1H3,(H,29,30). The van der Waals surface area contributed by atoms with E-state index in [0.29, 0.717) is 6.61 Å². The van der Waals surface area contributed by atoms with Gasteiger partial charge in [0, 0.05) is 29.8 Å². The normalized spacial score (nSPS) is 15.8. The molecule has 1 aromatic carbocycles. The van der Waals surface area contributed by atoms with Crippen LogP contribution in [-0.4, -0.2) is 23.2 Å². The minimum absolute atomic E-state index is 0.0583. The number of nitrogens with zero attached hydrogens (tertiary/aromatic N) is 2. The number of pyridine rings is 1. The number of hydrogen-bond donors (Lipinski definition) is 2. The van der Waals surface area contributed by atoms with E-state index in [4.69, 9.17) is 4.74 Å². The molecule has 0 spiro atoms. The predicted octanol–water partition coefficient (Wildman–Crippen LogP) is 4.60. The predicted molar refractivity (Wildman–Crippen MR) is 107 cm³/mol. The molecule has 1 aromatic heterocycles. The summed E-state index contributed by atoms with van der Waals surface area (Å²) in [4.78, 5) is 19.7. The Bertz CT molecular complexity index is 1030. The quantitative estimate of drug-likeness (QED) is 0.652. The van der Waals surface area contributed by atoms with Gasteiger partial charge in [-0.25, -0.2) is 4.39 Å². The number of rotatable bonds is 6. The van der Waals surface area contributed by atoms with Crippen LogP contribution in [0.4, 0.5) is 23.2 Å². The molecule has 6 nitrogen and oxygen atoms in total. The zero-order valence-electron chi connectivity index (χ0n) is 16.3. The molecule has 0 fully saturated rings. The fourth-order valence-corrected chi connectivity index (χ4v) is 2.65. The fourth-order valence-electron chi connectivity index (χ4n) is 2.65. The van der Waals surface area contributed by atoms with Crippen LogP contribution in [0.3, 0.4) is 0 Å². The number of anilines is 1. The molecule has 0 bridgehead atoms. The van der Waals surface area contributed by atoms with E-state index in [1.54, 1.807) is 25.5 Å². The Kier molecular flexibility index (Phi) is 6.68. The lowest BCUT2D eigenvalue weighted by Crippen LogP contribution is -2.16. The van der Waals surface area contributed by atoms with E-state index in [-0.39, 0.29) is 16.8 Å². The molecule has 1 unspecified atom stereocenters. The largest absolute Gasteiger partial charge is 0.495 e. The van der Waals surface area contributed by atoms with Crippen molar-refractivity contribution in [2.24, 2.45) is 4.99 Å². The molecule has 0 saturated carbocycles. The van der Waals surface area contributed by atoms with Gasteiger partial charge in [-0.05, 0) is 43.3 Å². The average molecular weight is 434 g/mol. The van der Waals surface area contributed by atoms with Crippen LogP contribution in [0.5, 0.6) is 0 Å². The average Bonchev–Trinajstić information content (AvgIpc) is 3.25. The molecule has 1 aliphatic rings. The van der Waals surface area contributed by atoms with Gasteiger partial charge in [0.1, 0.15) is 18.1 Å². The van der Waals surface area contributed by atoms with Crippen molar-refractivity contribution in [2.75, 3.05) is 11.9 Å². The van der Waals surface area contributed by atoms with Crippen molar-refractivity contribution >= 4 is 17.3 Å². The molecule has 10 heteroatoms. The summed E-state index contributed by atoms with van der Waals surface area (Å²) in [6, 6.07) is 5.29. The summed E-state index contributed by atoms with van der Waals surface area (Å²) < 4.78 is 57.0. The number of aliphatic imine (C=N–C) groups is 1. The Balaban J connectivity index is 1.65. The molecule has 2 N–H and O–H groups in total. The topological polar surface area (TPSA) is 75.6 Å². The van der Waals surface area contributed by atoms with Gasteiger partial charge in [-0.2, -0.15) is 13.2 Å². The summed E-state index contributed by atoms with van der Waals surface area (Å²) in [5.74, 6) is -1.15. The van der Waals surface area contributed by atoms with Crippen molar-refractivity contribution in [3.63, 3.8) is 0 Å². The lowest BCUT2D eigenvalue weighted by atomic mass is 10.1.